The standard InChI is InChI=1S/C17H21N5O2S/c23-15(24)17-4-1-8-21(11-14-18-7-10-25-14)13(17)3-9-22(12-17)16-19-5-2-6-20-16/h2,5-7,10,13H,1,3-4,8-9,11-12H2,(H,23,24)/t13-,17+/m1/s1. The molecule has 0 amide bonds. The van der Waals surface area contributed by atoms with Gasteiger partial charge in [0.25, 0.3) is 0 Å². The molecule has 2 aromatic heterocycles. The summed E-state index contributed by atoms with van der Waals surface area (Å²) < 4.78 is 0. The van der Waals surface area contributed by atoms with Crippen molar-refractivity contribution in [1.29, 1.82) is 0 Å². The molecule has 1 N–H and O–H groups in total. The van der Waals surface area contributed by atoms with Crippen LogP contribution in [0.5, 0.6) is 0 Å². The summed E-state index contributed by atoms with van der Waals surface area (Å²) in [6, 6.07) is 1.81. The Labute approximate surface area is 150 Å². The van der Waals surface area contributed by atoms with Crippen molar-refractivity contribution in [2.75, 3.05) is 24.5 Å². The molecule has 2 fully saturated rings. The average Bonchev–Trinajstić information content (AvgIpc) is 3.15. The van der Waals surface area contributed by atoms with E-state index in [1.54, 1.807) is 29.8 Å². The molecule has 4 rings (SSSR count). The lowest BCUT2D eigenvalue weighted by atomic mass is 9.69. The summed E-state index contributed by atoms with van der Waals surface area (Å²) in [6.07, 6.45) is 7.61. The van der Waals surface area contributed by atoms with E-state index in [9.17, 15) is 9.90 Å². The third-order valence-electron chi connectivity index (χ3n) is 5.38. The van der Waals surface area contributed by atoms with Gasteiger partial charge in [0, 0.05) is 43.1 Å². The summed E-state index contributed by atoms with van der Waals surface area (Å²) in [6.45, 7) is 2.91. The van der Waals surface area contributed by atoms with Gasteiger partial charge < -0.3 is 10.0 Å². The van der Waals surface area contributed by atoms with E-state index in [1.807, 2.05) is 16.5 Å². The molecule has 2 aliphatic heterocycles. The SMILES string of the molecule is O=C(O)[C@]12CCCN(Cc3nccs3)[C@@H]1CCN(c1ncccn1)C2. The van der Waals surface area contributed by atoms with E-state index in [0.717, 1.165) is 37.5 Å². The van der Waals surface area contributed by atoms with E-state index in [4.69, 9.17) is 0 Å². The summed E-state index contributed by atoms with van der Waals surface area (Å²) in [5.74, 6) is -0.0828. The number of carboxylic acids is 1. The molecule has 2 aromatic rings. The predicted octanol–water partition coefficient (Wildman–Crippen LogP) is 1.88. The highest BCUT2D eigenvalue weighted by molar-refractivity contribution is 7.09. The summed E-state index contributed by atoms with van der Waals surface area (Å²) in [4.78, 5) is 29.7. The first-order valence-electron chi connectivity index (χ1n) is 8.57. The molecule has 0 spiro atoms. The summed E-state index contributed by atoms with van der Waals surface area (Å²) in [7, 11) is 0. The predicted molar refractivity (Wildman–Crippen MR) is 94.5 cm³/mol. The molecule has 132 valence electrons. The van der Waals surface area contributed by atoms with Gasteiger partial charge in [-0.2, -0.15) is 0 Å². The van der Waals surface area contributed by atoms with Crippen LogP contribution < -0.4 is 4.90 Å². The van der Waals surface area contributed by atoms with Crippen LogP contribution in [0.4, 0.5) is 5.95 Å². The molecule has 0 aromatic carbocycles. The fourth-order valence-electron chi connectivity index (χ4n) is 4.25. The van der Waals surface area contributed by atoms with Crippen molar-refractivity contribution in [3.63, 3.8) is 0 Å². The van der Waals surface area contributed by atoms with Crippen LogP contribution in [-0.4, -0.2) is 56.6 Å². The minimum absolute atomic E-state index is 0.0302. The molecule has 4 heterocycles. The quantitative estimate of drug-likeness (QED) is 0.892. The van der Waals surface area contributed by atoms with E-state index >= 15 is 0 Å². The van der Waals surface area contributed by atoms with Crippen molar-refractivity contribution in [1.82, 2.24) is 19.9 Å². The number of fused-ring (bicyclic) bond motifs is 1. The van der Waals surface area contributed by atoms with Crippen LogP contribution in [-0.2, 0) is 11.3 Å². The van der Waals surface area contributed by atoms with E-state index in [-0.39, 0.29) is 6.04 Å². The average molecular weight is 359 g/mol. The first-order chi connectivity index (χ1) is 12.2. The number of aliphatic carboxylic acids is 1. The highest BCUT2D eigenvalue weighted by Crippen LogP contribution is 2.43. The van der Waals surface area contributed by atoms with Crippen molar-refractivity contribution < 1.29 is 9.90 Å². The smallest absolute Gasteiger partial charge is 0.313 e. The Morgan fingerprint density at radius 1 is 1.28 bits per heavy atom. The Kier molecular flexibility index (Phi) is 4.39. The summed E-state index contributed by atoms with van der Waals surface area (Å²) in [5.41, 5.74) is -0.771. The number of thiazole rings is 1. The highest BCUT2D eigenvalue weighted by Gasteiger charge is 2.53. The molecule has 7 nitrogen and oxygen atoms in total. The molecule has 2 atom stereocenters. The van der Waals surface area contributed by atoms with Gasteiger partial charge in [0.15, 0.2) is 0 Å². The zero-order valence-electron chi connectivity index (χ0n) is 13.9. The third-order valence-corrected chi connectivity index (χ3v) is 6.14. The fraction of sp³-hybridized carbons (Fsp3) is 0.529. The van der Waals surface area contributed by atoms with E-state index < -0.39 is 11.4 Å². The number of rotatable bonds is 4. The molecule has 0 bridgehead atoms. The second kappa shape index (κ2) is 6.68. The van der Waals surface area contributed by atoms with Gasteiger partial charge in [0.05, 0.1) is 6.54 Å². The number of carboxylic acid groups (broad SMARTS) is 1. The van der Waals surface area contributed by atoms with Gasteiger partial charge in [0.1, 0.15) is 10.4 Å². The number of carbonyl (C=O) groups is 1. The topological polar surface area (TPSA) is 82.5 Å². The molecular formula is C17H21N5O2S. The van der Waals surface area contributed by atoms with Gasteiger partial charge in [0.2, 0.25) is 5.95 Å². The second-order valence-corrected chi connectivity index (χ2v) is 7.72. The number of anilines is 1. The van der Waals surface area contributed by atoms with Crippen molar-refractivity contribution >= 4 is 23.3 Å². The zero-order chi connectivity index (χ0) is 17.3. The molecule has 0 aliphatic carbocycles. The molecular weight excluding hydrogens is 338 g/mol. The zero-order valence-corrected chi connectivity index (χ0v) is 14.7. The maximum atomic E-state index is 12.3. The molecule has 2 saturated heterocycles. The molecule has 8 heteroatoms. The summed E-state index contributed by atoms with van der Waals surface area (Å²) in [5, 5.41) is 13.1. The van der Waals surface area contributed by atoms with Gasteiger partial charge >= 0.3 is 5.97 Å². The van der Waals surface area contributed by atoms with Gasteiger partial charge in [-0.3, -0.25) is 9.69 Å². The Bertz CT molecular complexity index is 726. The minimum Gasteiger partial charge on any atom is -0.481 e. The van der Waals surface area contributed by atoms with E-state index in [1.165, 1.54) is 0 Å². The largest absolute Gasteiger partial charge is 0.481 e. The number of piperidine rings is 2. The Morgan fingerprint density at radius 2 is 2.12 bits per heavy atom. The van der Waals surface area contributed by atoms with Crippen LogP contribution in [0.3, 0.4) is 0 Å². The fourth-order valence-corrected chi connectivity index (χ4v) is 4.89. The van der Waals surface area contributed by atoms with Gasteiger partial charge in [-0.15, -0.1) is 11.3 Å². The highest BCUT2D eigenvalue weighted by atomic mass is 32.1. The number of hydrogen-bond acceptors (Lipinski definition) is 7. The molecule has 2 aliphatic rings. The number of aromatic nitrogens is 3. The monoisotopic (exact) mass is 359 g/mol. The van der Waals surface area contributed by atoms with Crippen molar-refractivity contribution in [3.8, 4) is 0 Å². The van der Waals surface area contributed by atoms with E-state index in [0.29, 0.717) is 18.9 Å². The number of nitrogens with zero attached hydrogens (tertiary/aromatic N) is 5. The molecule has 0 saturated carbocycles. The lowest BCUT2D eigenvalue weighted by Gasteiger charge is -2.52. The number of likely N-dealkylation sites (tertiary alicyclic amines) is 1. The van der Waals surface area contributed by atoms with Gasteiger partial charge in [-0.25, -0.2) is 15.0 Å². The van der Waals surface area contributed by atoms with Crippen LogP contribution in [0.25, 0.3) is 0 Å². The van der Waals surface area contributed by atoms with Crippen LogP contribution in [0, 0.1) is 5.41 Å². The van der Waals surface area contributed by atoms with Gasteiger partial charge in [-0.1, -0.05) is 0 Å². The van der Waals surface area contributed by atoms with Crippen molar-refractivity contribution in [3.05, 3.63) is 35.0 Å². The lowest BCUT2D eigenvalue weighted by molar-refractivity contribution is -0.158. The number of hydrogen-bond donors (Lipinski definition) is 1. The summed E-state index contributed by atoms with van der Waals surface area (Å²) >= 11 is 1.63. The lowest BCUT2D eigenvalue weighted by Crippen LogP contribution is -2.64. The molecule has 25 heavy (non-hydrogen) atoms. The maximum absolute atomic E-state index is 12.3. The van der Waals surface area contributed by atoms with Crippen LogP contribution in [0.2, 0.25) is 0 Å². The van der Waals surface area contributed by atoms with Gasteiger partial charge in [-0.05, 0) is 31.9 Å². The Balaban J connectivity index is 1.60. The Hall–Kier alpha value is -2.06. The van der Waals surface area contributed by atoms with Crippen molar-refractivity contribution in [2.45, 2.75) is 31.8 Å². The van der Waals surface area contributed by atoms with Crippen LogP contribution >= 0.6 is 11.3 Å². The first kappa shape index (κ1) is 16.4. The van der Waals surface area contributed by atoms with E-state index in [2.05, 4.69) is 19.9 Å². The normalized spacial score (nSPS) is 27.0. The molecule has 0 unspecified atom stereocenters. The maximum Gasteiger partial charge on any atom is 0.313 e. The van der Waals surface area contributed by atoms with Crippen molar-refractivity contribution in [2.24, 2.45) is 5.41 Å². The van der Waals surface area contributed by atoms with Crippen LogP contribution in [0.15, 0.2) is 30.0 Å². The Morgan fingerprint density at radius 3 is 2.84 bits per heavy atom. The third kappa shape index (κ3) is 3.00. The van der Waals surface area contributed by atoms with Crippen LogP contribution in [0.1, 0.15) is 24.3 Å². The molecule has 0 radical (unpaired) electrons. The minimum atomic E-state index is -0.771. The first-order valence-corrected chi connectivity index (χ1v) is 9.45. The second-order valence-electron chi connectivity index (χ2n) is 6.74.